The highest BCUT2D eigenvalue weighted by molar-refractivity contribution is 8.01. The normalized spacial score (nSPS) is 35.2. The molecule has 2 rings (SSSR count). The summed E-state index contributed by atoms with van der Waals surface area (Å²) in [6.07, 6.45) is 1.36. The Balaban J connectivity index is 2.02. The summed E-state index contributed by atoms with van der Waals surface area (Å²) < 4.78 is 0. The lowest BCUT2D eigenvalue weighted by Gasteiger charge is -2.49. The first-order chi connectivity index (χ1) is 5.37. The van der Waals surface area contributed by atoms with Crippen LogP contribution in [0, 0.1) is 11.3 Å². The molecule has 0 radical (unpaired) electrons. The topological polar surface area (TPSA) is 26.0 Å². The molecular formula is C8H15NS2. The van der Waals surface area contributed by atoms with Crippen LogP contribution in [-0.4, -0.2) is 29.6 Å². The van der Waals surface area contributed by atoms with E-state index in [1.54, 1.807) is 0 Å². The predicted molar refractivity (Wildman–Crippen MR) is 54.2 cm³/mol. The largest absolute Gasteiger partial charge is 0.330 e. The Kier molecular flexibility index (Phi) is 2.40. The van der Waals surface area contributed by atoms with Gasteiger partial charge in [-0.05, 0) is 24.6 Å². The first-order valence-corrected chi connectivity index (χ1v) is 6.54. The van der Waals surface area contributed by atoms with Gasteiger partial charge in [0.1, 0.15) is 0 Å². The van der Waals surface area contributed by atoms with Crippen LogP contribution in [0.2, 0.25) is 0 Å². The Labute approximate surface area is 76.9 Å². The maximum Gasteiger partial charge on any atom is 0.00150 e. The zero-order valence-corrected chi connectivity index (χ0v) is 8.35. The van der Waals surface area contributed by atoms with E-state index < -0.39 is 0 Å². The lowest BCUT2D eigenvalue weighted by molar-refractivity contribution is 0.238. The van der Waals surface area contributed by atoms with Crippen molar-refractivity contribution in [1.82, 2.24) is 0 Å². The molecule has 1 nitrogen and oxygen atoms in total. The summed E-state index contributed by atoms with van der Waals surface area (Å²) in [7, 11) is 0. The molecule has 3 heteroatoms. The molecule has 0 bridgehead atoms. The molecule has 2 fully saturated rings. The van der Waals surface area contributed by atoms with E-state index in [9.17, 15) is 0 Å². The van der Waals surface area contributed by atoms with Gasteiger partial charge in [0.05, 0.1) is 0 Å². The van der Waals surface area contributed by atoms with E-state index in [1.807, 2.05) is 0 Å². The van der Waals surface area contributed by atoms with Crippen LogP contribution in [-0.2, 0) is 0 Å². The minimum Gasteiger partial charge on any atom is -0.330 e. The van der Waals surface area contributed by atoms with Gasteiger partial charge in [-0.1, -0.05) is 0 Å². The molecule has 1 atom stereocenters. The van der Waals surface area contributed by atoms with Gasteiger partial charge in [0, 0.05) is 22.7 Å². The standard InChI is InChI=1S/C8H15NS2/c9-3-7-1-2-10-4-8(7)5-11-6-8/h7H,1-6,9H2. The van der Waals surface area contributed by atoms with Crippen LogP contribution in [0.4, 0.5) is 0 Å². The smallest absolute Gasteiger partial charge is 0.00150 e. The quantitative estimate of drug-likeness (QED) is 0.676. The second-order valence-electron chi connectivity index (χ2n) is 3.63. The van der Waals surface area contributed by atoms with E-state index >= 15 is 0 Å². The Morgan fingerprint density at radius 1 is 1.27 bits per heavy atom. The second kappa shape index (κ2) is 3.19. The van der Waals surface area contributed by atoms with Crippen LogP contribution in [0.5, 0.6) is 0 Å². The van der Waals surface area contributed by atoms with Gasteiger partial charge in [-0.15, -0.1) is 0 Å². The zero-order chi connectivity index (χ0) is 7.73. The van der Waals surface area contributed by atoms with Crippen LogP contribution in [0.3, 0.4) is 0 Å². The monoisotopic (exact) mass is 189 g/mol. The Bertz CT molecular complexity index is 145. The minimum absolute atomic E-state index is 0.669. The van der Waals surface area contributed by atoms with Crippen LogP contribution in [0.25, 0.3) is 0 Å². The van der Waals surface area contributed by atoms with Gasteiger partial charge < -0.3 is 5.73 Å². The van der Waals surface area contributed by atoms with E-state index in [1.165, 1.54) is 29.4 Å². The Hall–Kier alpha value is 0.660. The van der Waals surface area contributed by atoms with Crippen molar-refractivity contribution in [3.63, 3.8) is 0 Å². The van der Waals surface area contributed by atoms with Gasteiger partial charge in [0.15, 0.2) is 0 Å². The van der Waals surface area contributed by atoms with E-state index in [0.29, 0.717) is 5.41 Å². The van der Waals surface area contributed by atoms with Crippen molar-refractivity contribution in [2.24, 2.45) is 17.1 Å². The highest BCUT2D eigenvalue weighted by Crippen LogP contribution is 2.50. The Morgan fingerprint density at radius 3 is 2.45 bits per heavy atom. The average Bonchev–Trinajstić information content (AvgIpc) is 2.01. The molecule has 0 aromatic carbocycles. The molecule has 64 valence electrons. The van der Waals surface area contributed by atoms with Crippen molar-refractivity contribution >= 4 is 23.5 Å². The molecule has 0 aliphatic carbocycles. The van der Waals surface area contributed by atoms with Crippen LogP contribution >= 0.6 is 23.5 Å². The van der Waals surface area contributed by atoms with Gasteiger partial charge in [-0.2, -0.15) is 23.5 Å². The summed E-state index contributed by atoms with van der Waals surface area (Å²) in [5.41, 5.74) is 6.44. The maximum atomic E-state index is 5.77. The Morgan fingerprint density at radius 2 is 2.00 bits per heavy atom. The van der Waals surface area contributed by atoms with E-state index in [4.69, 9.17) is 5.73 Å². The summed E-state index contributed by atoms with van der Waals surface area (Å²) in [6, 6.07) is 0. The number of hydrogen-bond donors (Lipinski definition) is 1. The molecule has 2 aliphatic heterocycles. The summed E-state index contributed by atoms with van der Waals surface area (Å²) in [5.74, 6) is 6.31. The summed E-state index contributed by atoms with van der Waals surface area (Å²) in [6.45, 7) is 0.918. The summed E-state index contributed by atoms with van der Waals surface area (Å²) in [4.78, 5) is 0. The van der Waals surface area contributed by atoms with Crippen molar-refractivity contribution in [3.8, 4) is 0 Å². The van der Waals surface area contributed by atoms with Crippen molar-refractivity contribution in [3.05, 3.63) is 0 Å². The number of hydrogen-bond acceptors (Lipinski definition) is 3. The third-order valence-corrected chi connectivity index (χ3v) is 5.79. The maximum absolute atomic E-state index is 5.77. The molecule has 2 heterocycles. The number of rotatable bonds is 1. The highest BCUT2D eigenvalue weighted by Gasteiger charge is 2.45. The SMILES string of the molecule is NCC1CCSCC12CSC2. The first-order valence-electron chi connectivity index (χ1n) is 4.23. The van der Waals surface area contributed by atoms with Crippen molar-refractivity contribution in [2.75, 3.05) is 29.6 Å². The predicted octanol–water partition coefficient (Wildman–Crippen LogP) is 1.43. The first kappa shape index (κ1) is 8.27. The van der Waals surface area contributed by atoms with Gasteiger partial charge in [0.25, 0.3) is 0 Å². The summed E-state index contributed by atoms with van der Waals surface area (Å²) >= 11 is 4.22. The van der Waals surface area contributed by atoms with Gasteiger partial charge in [-0.3, -0.25) is 0 Å². The third kappa shape index (κ3) is 1.31. The van der Waals surface area contributed by atoms with E-state index in [0.717, 1.165) is 12.5 Å². The molecule has 0 amide bonds. The second-order valence-corrected chi connectivity index (χ2v) is 5.72. The fraction of sp³-hybridized carbons (Fsp3) is 1.00. The zero-order valence-electron chi connectivity index (χ0n) is 6.71. The van der Waals surface area contributed by atoms with Crippen LogP contribution in [0.1, 0.15) is 6.42 Å². The molecule has 0 aromatic heterocycles. The molecule has 2 saturated heterocycles. The van der Waals surface area contributed by atoms with Gasteiger partial charge in [0.2, 0.25) is 0 Å². The fourth-order valence-electron chi connectivity index (χ4n) is 1.98. The van der Waals surface area contributed by atoms with Crippen molar-refractivity contribution < 1.29 is 0 Å². The van der Waals surface area contributed by atoms with Gasteiger partial charge >= 0.3 is 0 Å². The van der Waals surface area contributed by atoms with Gasteiger partial charge in [-0.25, -0.2) is 0 Å². The molecule has 0 saturated carbocycles. The number of thioether (sulfide) groups is 2. The van der Waals surface area contributed by atoms with Crippen molar-refractivity contribution in [2.45, 2.75) is 6.42 Å². The lowest BCUT2D eigenvalue weighted by atomic mass is 9.77. The molecule has 1 unspecified atom stereocenters. The fourth-order valence-corrected chi connectivity index (χ4v) is 5.08. The average molecular weight is 189 g/mol. The third-order valence-electron chi connectivity index (χ3n) is 2.93. The molecular weight excluding hydrogens is 174 g/mol. The molecule has 2 aliphatic rings. The highest BCUT2D eigenvalue weighted by atomic mass is 32.2. The molecule has 0 aromatic rings. The van der Waals surface area contributed by atoms with Crippen LogP contribution < -0.4 is 5.73 Å². The molecule has 2 N–H and O–H groups in total. The lowest BCUT2D eigenvalue weighted by Crippen LogP contribution is -2.50. The number of nitrogens with two attached hydrogens (primary N) is 1. The minimum atomic E-state index is 0.669. The summed E-state index contributed by atoms with van der Waals surface area (Å²) in [5, 5.41) is 0. The molecule has 11 heavy (non-hydrogen) atoms. The molecule has 1 spiro atoms. The van der Waals surface area contributed by atoms with E-state index in [2.05, 4.69) is 23.5 Å². The van der Waals surface area contributed by atoms with E-state index in [-0.39, 0.29) is 0 Å². The van der Waals surface area contributed by atoms with Crippen molar-refractivity contribution in [1.29, 1.82) is 0 Å². The van der Waals surface area contributed by atoms with Crippen LogP contribution in [0.15, 0.2) is 0 Å².